The van der Waals surface area contributed by atoms with Crippen LogP contribution >= 0.6 is 24.0 Å². The molecule has 0 radical (unpaired) electrons. The Morgan fingerprint density at radius 3 is 2.25 bits per heavy atom. The zero-order valence-electron chi connectivity index (χ0n) is 3.75. The van der Waals surface area contributed by atoms with Crippen LogP contribution in [0.3, 0.4) is 0 Å². The summed E-state index contributed by atoms with van der Waals surface area (Å²) in [5.41, 5.74) is 0. The number of aromatic nitrogens is 2. The van der Waals surface area contributed by atoms with Gasteiger partial charge in [0.05, 0.1) is 0 Å². The molecule has 0 atom stereocenters. The second-order valence-electron chi connectivity index (χ2n) is 1.10. The molecule has 1 aromatic rings. The van der Waals surface area contributed by atoms with Crippen LogP contribution in [0, 0.1) is 6.92 Å². The Hall–Kier alpha value is 0.910. The topological polar surface area (TPSA) is 25.8 Å². The third-order valence-electron chi connectivity index (χ3n) is 0.515. The fraction of sp³-hybridized carbons (Fsp3) is 0.333. The van der Waals surface area contributed by atoms with Crippen molar-refractivity contribution in [2.45, 2.75) is 11.3 Å². The minimum absolute atomic E-state index is 0. The minimum atomic E-state index is 0. The molecular weight excluding hydrogens is 151 g/mol. The summed E-state index contributed by atoms with van der Waals surface area (Å²) in [7, 11) is 0. The predicted molar refractivity (Wildman–Crippen MR) is 39.0 cm³/mol. The molecule has 0 saturated carbocycles. The van der Waals surface area contributed by atoms with E-state index < -0.39 is 0 Å². The van der Waals surface area contributed by atoms with Crippen molar-refractivity contribution in [1.29, 1.82) is 0 Å². The van der Waals surface area contributed by atoms with E-state index in [-0.39, 0.29) is 29.6 Å². The molecule has 1 heterocycles. The van der Waals surface area contributed by atoms with Crippen LogP contribution in [0.25, 0.3) is 0 Å². The summed E-state index contributed by atoms with van der Waals surface area (Å²) in [6, 6.07) is 0. The van der Waals surface area contributed by atoms with Crippen molar-refractivity contribution in [2.75, 3.05) is 0 Å². The summed E-state index contributed by atoms with van der Waals surface area (Å²) in [6.45, 7) is 1.90. The van der Waals surface area contributed by atoms with Crippen molar-refractivity contribution < 1.29 is 0 Å². The van der Waals surface area contributed by atoms with E-state index >= 15 is 0 Å². The van der Waals surface area contributed by atoms with Crippen LogP contribution in [0.1, 0.15) is 5.01 Å². The maximum absolute atomic E-state index is 3.95. The number of aryl methyl sites for hydroxylation is 1. The Kier molecular flexibility index (Phi) is 4.28. The molecule has 0 amide bonds. The fourth-order valence-electron chi connectivity index (χ4n) is 0.286. The van der Waals surface area contributed by atoms with Crippen molar-refractivity contribution in [2.24, 2.45) is 0 Å². The van der Waals surface area contributed by atoms with Gasteiger partial charge in [-0.15, -0.1) is 22.8 Å². The van der Waals surface area contributed by atoms with Crippen LogP contribution in [0.5, 0.6) is 0 Å². The van der Waals surface area contributed by atoms with Gasteiger partial charge in [-0.25, -0.2) is 0 Å². The molecule has 0 aromatic carbocycles. The number of thiol groups is 1. The Morgan fingerprint density at radius 2 is 2.12 bits per heavy atom. The molecule has 8 heavy (non-hydrogen) atoms. The van der Waals surface area contributed by atoms with Gasteiger partial charge in [-0.3, -0.25) is 0 Å². The molecule has 0 spiro atoms. The van der Waals surface area contributed by atoms with Crippen LogP contribution in [0.15, 0.2) is 4.34 Å². The predicted octanol–water partition coefficient (Wildman–Crippen LogP) is 0.487. The first-order valence-corrected chi connectivity index (χ1v) is 3.04. The van der Waals surface area contributed by atoms with Gasteiger partial charge in [-0.2, -0.15) is 0 Å². The van der Waals surface area contributed by atoms with Gasteiger partial charge < -0.3 is 0 Å². The van der Waals surface area contributed by atoms with Gasteiger partial charge in [0.2, 0.25) is 0 Å². The van der Waals surface area contributed by atoms with E-state index in [2.05, 4.69) is 22.8 Å². The van der Waals surface area contributed by atoms with Crippen molar-refractivity contribution in [1.82, 2.24) is 10.2 Å². The summed E-state index contributed by atoms with van der Waals surface area (Å²) in [5, 5.41) is 8.32. The molecule has 5 heteroatoms. The van der Waals surface area contributed by atoms with E-state index in [0.717, 1.165) is 9.35 Å². The van der Waals surface area contributed by atoms with Gasteiger partial charge in [-0.1, -0.05) is 11.3 Å². The second kappa shape index (κ2) is 3.85. The monoisotopic (exact) mass is 156 g/mol. The van der Waals surface area contributed by atoms with Crippen LogP contribution in [-0.4, -0.2) is 39.8 Å². The Labute approximate surface area is 79.4 Å². The molecule has 0 aliphatic carbocycles. The summed E-state index contributed by atoms with van der Waals surface area (Å²) in [4.78, 5) is 0. The Bertz CT molecular complexity index is 148. The van der Waals surface area contributed by atoms with Crippen LogP contribution < -0.4 is 0 Å². The first kappa shape index (κ1) is 8.91. The zero-order chi connectivity index (χ0) is 5.28. The van der Waals surface area contributed by atoms with E-state index in [1.54, 1.807) is 0 Å². The SMILES string of the molecule is Cc1nnc(S)s1.[NaH]. The number of rotatable bonds is 0. The third-order valence-corrected chi connectivity index (χ3v) is 1.52. The van der Waals surface area contributed by atoms with Crippen LogP contribution in [0.4, 0.5) is 0 Å². The van der Waals surface area contributed by atoms with Crippen molar-refractivity contribution in [3.8, 4) is 0 Å². The van der Waals surface area contributed by atoms with E-state index in [0.29, 0.717) is 0 Å². The van der Waals surface area contributed by atoms with E-state index in [1.807, 2.05) is 6.92 Å². The third kappa shape index (κ3) is 2.46. The molecule has 0 aliphatic rings. The first-order valence-electron chi connectivity index (χ1n) is 1.78. The van der Waals surface area contributed by atoms with Gasteiger partial charge >= 0.3 is 29.6 Å². The molecule has 2 nitrogen and oxygen atoms in total. The normalized spacial score (nSPS) is 8.25. The summed E-state index contributed by atoms with van der Waals surface area (Å²) < 4.78 is 0.734. The quantitative estimate of drug-likeness (QED) is 0.437. The fourth-order valence-corrected chi connectivity index (χ4v) is 1.15. The second-order valence-corrected chi connectivity index (χ2v) is 3.01. The average molecular weight is 156 g/mol. The van der Waals surface area contributed by atoms with E-state index in [1.165, 1.54) is 11.3 Å². The Balaban J connectivity index is 0.000000490. The van der Waals surface area contributed by atoms with Crippen LogP contribution in [0.2, 0.25) is 0 Å². The van der Waals surface area contributed by atoms with Crippen LogP contribution in [-0.2, 0) is 0 Å². The van der Waals surface area contributed by atoms with Gasteiger partial charge in [0.25, 0.3) is 0 Å². The molecule has 1 aromatic heterocycles. The molecule has 40 valence electrons. The maximum atomic E-state index is 3.95. The van der Waals surface area contributed by atoms with Crippen molar-refractivity contribution in [3.63, 3.8) is 0 Å². The average Bonchev–Trinajstić information content (AvgIpc) is 1.87. The molecule has 0 saturated heterocycles. The van der Waals surface area contributed by atoms with Gasteiger partial charge in [-0.05, 0) is 6.92 Å². The zero-order valence-corrected chi connectivity index (χ0v) is 5.46. The molecule has 0 unspecified atom stereocenters. The first-order chi connectivity index (χ1) is 3.29. The molecule has 0 fully saturated rings. The molecular formula is C3H5N2NaS2. The molecule has 0 aliphatic heterocycles. The molecule has 1 rings (SSSR count). The standard InChI is InChI=1S/C3H4N2S2.Na.H/c1-2-4-5-3(6)7-2;;/h1H3,(H,5,6);;. The molecule has 0 bridgehead atoms. The van der Waals surface area contributed by atoms with E-state index in [9.17, 15) is 0 Å². The van der Waals surface area contributed by atoms with Gasteiger partial charge in [0, 0.05) is 0 Å². The van der Waals surface area contributed by atoms with E-state index in [4.69, 9.17) is 0 Å². The number of nitrogens with zero attached hydrogens (tertiary/aromatic N) is 2. The van der Waals surface area contributed by atoms with Crippen molar-refractivity contribution in [3.05, 3.63) is 5.01 Å². The van der Waals surface area contributed by atoms with Gasteiger partial charge in [0.1, 0.15) is 5.01 Å². The summed E-state index contributed by atoms with van der Waals surface area (Å²) >= 11 is 5.43. The number of hydrogen-bond donors (Lipinski definition) is 1. The Morgan fingerprint density at radius 1 is 1.50 bits per heavy atom. The summed E-state index contributed by atoms with van der Waals surface area (Å²) in [6.07, 6.45) is 0. The van der Waals surface area contributed by atoms with Crippen molar-refractivity contribution >= 4 is 53.5 Å². The number of hydrogen-bond acceptors (Lipinski definition) is 4. The molecule has 0 N–H and O–H groups in total. The summed E-state index contributed by atoms with van der Waals surface area (Å²) in [5.74, 6) is 0. The van der Waals surface area contributed by atoms with Gasteiger partial charge in [0.15, 0.2) is 4.34 Å².